The van der Waals surface area contributed by atoms with Crippen LogP contribution in [0.5, 0.6) is 11.5 Å². The van der Waals surface area contributed by atoms with E-state index in [2.05, 4.69) is 17.0 Å². The highest BCUT2D eigenvalue weighted by Crippen LogP contribution is 2.46. The number of carbonyl (C=O) groups is 1. The van der Waals surface area contributed by atoms with Crippen molar-refractivity contribution in [3.63, 3.8) is 0 Å². The molecule has 0 radical (unpaired) electrons. The topological polar surface area (TPSA) is 42.0 Å². The van der Waals surface area contributed by atoms with Gasteiger partial charge >= 0.3 is 0 Å². The predicted octanol–water partition coefficient (Wildman–Crippen LogP) is 6.38. The third-order valence-corrected chi connectivity index (χ3v) is 6.42. The zero-order valence-corrected chi connectivity index (χ0v) is 20.1. The van der Waals surface area contributed by atoms with E-state index in [0.717, 1.165) is 28.1 Å². The monoisotopic (exact) mass is 464 g/mol. The van der Waals surface area contributed by atoms with Crippen LogP contribution in [0.3, 0.4) is 0 Å². The minimum Gasteiger partial charge on any atom is -0.493 e. The second-order valence-corrected chi connectivity index (χ2v) is 8.60. The molecule has 0 spiro atoms. The Morgan fingerprint density at radius 2 is 1.49 bits per heavy atom. The highest BCUT2D eigenvalue weighted by molar-refractivity contribution is 6.12. The molecule has 0 bridgehead atoms. The number of rotatable bonds is 6. The molecule has 4 aromatic rings. The van der Waals surface area contributed by atoms with Gasteiger partial charge in [-0.25, -0.2) is 0 Å². The highest BCUT2D eigenvalue weighted by Gasteiger charge is 2.41. The van der Waals surface area contributed by atoms with Crippen LogP contribution >= 0.6 is 0 Å². The molecule has 5 heteroatoms. The first-order valence-corrected chi connectivity index (χ1v) is 11.6. The first kappa shape index (κ1) is 22.5. The molecular formula is C30H28N2O3. The molecule has 1 heterocycles. The van der Waals surface area contributed by atoms with Crippen molar-refractivity contribution in [2.45, 2.75) is 19.6 Å². The molecule has 0 fully saturated rings. The van der Waals surface area contributed by atoms with E-state index >= 15 is 0 Å². The van der Waals surface area contributed by atoms with Crippen LogP contribution in [0.25, 0.3) is 0 Å². The van der Waals surface area contributed by atoms with Gasteiger partial charge in [0.15, 0.2) is 11.5 Å². The van der Waals surface area contributed by atoms with Crippen molar-refractivity contribution in [2.24, 2.45) is 0 Å². The molecule has 0 unspecified atom stereocenters. The molecule has 1 amide bonds. The van der Waals surface area contributed by atoms with Gasteiger partial charge in [0.2, 0.25) is 0 Å². The molecule has 1 aliphatic heterocycles. The fourth-order valence-electron chi connectivity index (χ4n) is 4.75. The number of carbonyl (C=O) groups excluding carboxylic acids is 1. The summed E-state index contributed by atoms with van der Waals surface area (Å²) in [7, 11) is 3.26. The second-order valence-electron chi connectivity index (χ2n) is 8.60. The van der Waals surface area contributed by atoms with Gasteiger partial charge in [-0.15, -0.1) is 0 Å². The number of nitrogens with zero attached hydrogens (tertiary/aromatic N) is 2. The second kappa shape index (κ2) is 9.55. The van der Waals surface area contributed by atoms with Crippen LogP contribution in [0, 0.1) is 6.92 Å². The minimum atomic E-state index is -0.453. The Morgan fingerprint density at radius 1 is 0.771 bits per heavy atom. The fraction of sp³-hybridized carbons (Fsp3) is 0.167. The Labute approximate surface area is 206 Å². The molecule has 0 saturated carbocycles. The SMILES string of the molecule is COc1cccc([C@@H]2N(Cc3ccccc3)c3ccccc3C(=O)N2c2ccc(C)cc2)c1OC. The molecule has 5 rings (SSSR count). The summed E-state index contributed by atoms with van der Waals surface area (Å²) in [5.41, 5.74) is 5.51. The summed E-state index contributed by atoms with van der Waals surface area (Å²) in [5, 5.41) is 0. The number of fused-ring (bicyclic) bond motifs is 1. The van der Waals surface area contributed by atoms with Crippen LogP contribution in [-0.2, 0) is 6.54 Å². The lowest BCUT2D eigenvalue weighted by Gasteiger charge is -2.46. The molecule has 176 valence electrons. The number of hydrogen-bond acceptors (Lipinski definition) is 4. The molecule has 0 aliphatic carbocycles. The highest BCUT2D eigenvalue weighted by atomic mass is 16.5. The molecule has 1 aliphatic rings. The van der Waals surface area contributed by atoms with Crippen LogP contribution < -0.4 is 19.3 Å². The summed E-state index contributed by atoms with van der Waals surface area (Å²) in [6, 6.07) is 32.0. The minimum absolute atomic E-state index is 0.0522. The van der Waals surface area contributed by atoms with Crippen molar-refractivity contribution in [3.8, 4) is 11.5 Å². The summed E-state index contributed by atoms with van der Waals surface area (Å²) in [6.07, 6.45) is -0.453. The number of amides is 1. The Balaban J connectivity index is 1.78. The molecule has 4 aromatic carbocycles. The maximum Gasteiger partial charge on any atom is 0.262 e. The van der Waals surface area contributed by atoms with E-state index < -0.39 is 6.17 Å². The van der Waals surface area contributed by atoms with Crippen molar-refractivity contribution in [1.29, 1.82) is 0 Å². The smallest absolute Gasteiger partial charge is 0.262 e. The van der Waals surface area contributed by atoms with Gasteiger partial charge in [-0.2, -0.15) is 0 Å². The fourth-order valence-corrected chi connectivity index (χ4v) is 4.75. The zero-order chi connectivity index (χ0) is 24.4. The normalized spacial score (nSPS) is 15.1. The van der Waals surface area contributed by atoms with Crippen LogP contribution in [-0.4, -0.2) is 20.1 Å². The van der Waals surface area contributed by atoms with Crippen LogP contribution in [0.4, 0.5) is 11.4 Å². The number of hydrogen-bond donors (Lipinski definition) is 0. The van der Waals surface area contributed by atoms with Gasteiger partial charge in [-0.1, -0.05) is 72.3 Å². The first-order valence-electron chi connectivity index (χ1n) is 11.6. The summed E-state index contributed by atoms with van der Waals surface area (Å²) in [4.78, 5) is 18.2. The van der Waals surface area contributed by atoms with E-state index in [9.17, 15) is 4.79 Å². The Kier molecular flexibility index (Phi) is 6.15. The Bertz CT molecular complexity index is 1340. The molecular weight excluding hydrogens is 436 g/mol. The number of methoxy groups -OCH3 is 2. The predicted molar refractivity (Wildman–Crippen MR) is 139 cm³/mol. The van der Waals surface area contributed by atoms with E-state index in [0.29, 0.717) is 23.6 Å². The lowest BCUT2D eigenvalue weighted by atomic mass is 9.98. The average Bonchev–Trinajstić information content (AvgIpc) is 2.91. The lowest BCUT2D eigenvalue weighted by Crippen LogP contribution is -2.49. The third kappa shape index (κ3) is 4.10. The number of benzene rings is 4. The standard InChI is InChI=1S/C30H28N2O3/c1-21-16-18-23(19-17-21)32-29(25-13-9-15-27(34-2)28(25)35-3)31(20-22-10-5-4-6-11-22)26-14-8-7-12-24(26)30(32)33/h4-19,29H,20H2,1-3H3/t29-/m1/s1. The van der Waals surface area contributed by atoms with Crippen molar-refractivity contribution in [1.82, 2.24) is 0 Å². The Hall–Kier alpha value is -4.25. The number of aryl methyl sites for hydroxylation is 1. The third-order valence-electron chi connectivity index (χ3n) is 6.42. The zero-order valence-electron chi connectivity index (χ0n) is 20.1. The number of para-hydroxylation sites is 2. The van der Waals surface area contributed by atoms with E-state index in [1.807, 2.05) is 96.8 Å². The van der Waals surface area contributed by atoms with Crippen molar-refractivity contribution >= 4 is 17.3 Å². The maximum absolute atomic E-state index is 14.1. The summed E-state index contributed by atoms with van der Waals surface area (Å²) in [6.45, 7) is 2.65. The van der Waals surface area contributed by atoms with Gasteiger partial charge in [0.25, 0.3) is 5.91 Å². The van der Waals surface area contributed by atoms with Crippen molar-refractivity contribution < 1.29 is 14.3 Å². The number of ether oxygens (including phenoxy) is 2. The molecule has 35 heavy (non-hydrogen) atoms. The lowest BCUT2D eigenvalue weighted by molar-refractivity contribution is 0.0967. The van der Waals surface area contributed by atoms with Crippen molar-refractivity contribution in [2.75, 3.05) is 24.0 Å². The van der Waals surface area contributed by atoms with E-state index in [-0.39, 0.29) is 5.91 Å². The molecule has 0 saturated heterocycles. The van der Waals surface area contributed by atoms with Crippen LogP contribution in [0.1, 0.15) is 33.2 Å². The average molecular weight is 465 g/mol. The maximum atomic E-state index is 14.1. The largest absolute Gasteiger partial charge is 0.493 e. The summed E-state index contributed by atoms with van der Waals surface area (Å²) >= 11 is 0. The van der Waals surface area contributed by atoms with Gasteiger partial charge in [-0.3, -0.25) is 9.69 Å². The van der Waals surface area contributed by atoms with E-state index in [1.165, 1.54) is 0 Å². The van der Waals surface area contributed by atoms with Gasteiger partial charge in [0, 0.05) is 17.8 Å². The quantitative estimate of drug-likeness (QED) is 0.332. The van der Waals surface area contributed by atoms with Gasteiger partial charge < -0.3 is 14.4 Å². The van der Waals surface area contributed by atoms with E-state index in [4.69, 9.17) is 9.47 Å². The van der Waals surface area contributed by atoms with Crippen LogP contribution in [0.2, 0.25) is 0 Å². The van der Waals surface area contributed by atoms with Gasteiger partial charge in [0.1, 0.15) is 6.17 Å². The Morgan fingerprint density at radius 3 is 2.20 bits per heavy atom. The van der Waals surface area contributed by atoms with Crippen LogP contribution in [0.15, 0.2) is 97.1 Å². The molecule has 0 aromatic heterocycles. The van der Waals surface area contributed by atoms with Gasteiger partial charge in [-0.05, 0) is 42.8 Å². The first-order chi connectivity index (χ1) is 17.1. The molecule has 1 atom stereocenters. The molecule has 0 N–H and O–H groups in total. The van der Waals surface area contributed by atoms with Gasteiger partial charge in [0.05, 0.1) is 25.5 Å². The summed E-state index contributed by atoms with van der Waals surface area (Å²) in [5.74, 6) is 1.19. The number of anilines is 2. The molecule has 5 nitrogen and oxygen atoms in total. The summed E-state index contributed by atoms with van der Waals surface area (Å²) < 4.78 is 11.5. The van der Waals surface area contributed by atoms with E-state index in [1.54, 1.807) is 14.2 Å². The van der Waals surface area contributed by atoms with Crippen molar-refractivity contribution in [3.05, 3.63) is 119 Å².